The van der Waals surface area contributed by atoms with Crippen LogP contribution in [-0.2, 0) is 15.7 Å². The van der Waals surface area contributed by atoms with Crippen LogP contribution in [0.15, 0.2) is 24.0 Å². The maximum Gasteiger partial charge on any atom is 0.421 e. The van der Waals surface area contributed by atoms with E-state index in [1.54, 1.807) is 11.8 Å². The van der Waals surface area contributed by atoms with Crippen LogP contribution in [-0.4, -0.2) is 77.2 Å². The number of nitrogens with zero attached hydrogens (tertiary/aromatic N) is 6. The SMILES string of the molecule is CCOC(=O)CCN1CCN(c2ncnc(Nc3nc(-c4cnc(OC)c(C(F)(F)F)c4)cs3)c2F)CC1. The highest BCUT2D eigenvalue weighted by molar-refractivity contribution is 7.14. The van der Waals surface area contributed by atoms with E-state index in [1.807, 2.05) is 0 Å². The molecule has 0 saturated carbocycles. The summed E-state index contributed by atoms with van der Waals surface area (Å²) in [5.74, 6) is -1.44. The van der Waals surface area contributed by atoms with E-state index >= 15 is 4.39 Å². The molecule has 0 atom stereocenters. The number of piperazine rings is 1. The lowest BCUT2D eigenvalue weighted by Gasteiger charge is -2.35. The quantitative estimate of drug-likeness (QED) is 0.308. The number of ether oxygens (including phenoxy) is 2. The number of thiazole rings is 1. The second-order valence-corrected chi connectivity index (χ2v) is 9.04. The Morgan fingerprint density at radius 3 is 2.63 bits per heavy atom. The summed E-state index contributed by atoms with van der Waals surface area (Å²) >= 11 is 1.08. The molecule has 0 aliphatic carbocycles. The summed E-state index contributed by atoms with van der Waals surface area (Å²) in [5.41, 5.74) is -0.661. The van der Waals surface area contributed by atoms with Gasteiger partial charge in [0, 0.05) is 49.9 Å². The van der Waals surface area contributed by atoms with Gasteiger partial charge in [-0.1, -0.05) is 0 Å². The van der Waals surface area contributed by atoms with Crippen LogP contribution in [0.1, 0.15) is 18.9 Å². The minimum Gasteiger partial charge on any atom is -0.481 e. The van der Waals surface area contributed by atoms with Crippen molar-refractivity contribution in [2.75, 3.05) is 56.7 Å². The largest absolute Gasteiger partial charge is 0.481 e. The Morgan fingerprint density at radius 1 is 1.18 bits per heavy atom. The fraction of sp³-hybridized carbons (Fsp3) is 0.435. The van der Waals surface area contributed by atoms with E-state index in [1.165, 1.54) is 17.9 Å². The lowest BCUT2D eigenvalue weighted by molar-refractivity contribution is -0.143. The van der Waals surface area contributed by atoms with Gasteiger partial charge in [0.1, 0.15) is 11.9 Å². The Labute approximate surface area is 219 Å². The summed E-state index contributed by atoms with van der Waals surface area (Å²) in [7, 11) is 1.11. The highest BCUT2D eigenvalue weighted by atomic mass is 32.1. The number of esters is 1. The van der Waals surface area contributed by atoms with Crippen molar-refractivity contribution in [2.45, 2.75) is 19.5 Å². The van der Waals surface area contributed by atoms with Crippen LogP contribution >= 0.6 is 11.3 Å². The molecule has 1 aliphatic rings. The Morgan fingerprint density at radius 2 is 1.95 bits per heavy atom. The summed E-state index contributed by atoms with van der Waals surface area (Å²) < 4.78 is 65.0. The third kappa shape index (κ3) is 6.45. The van der Waals surface area contributed by atoms with E-state index in [0.717, 1.165) is 24.5 Å². The van der Waals surface area contributed by atoms with Crippen molar-refractivity contribution >= 4 is 34.1 Å². The number of methoxy groups -OCH3 is 1. The molecule has 15 heteroatoms. The molecule has 0 unspecified atom stereocenters. The first-order valence-corrected chi connectivity index (χ1v) is 12.5. The average Bonchev–Trinajstić information content (AvgIpc) is 3.37. The molecule has 3 aromatic rings. The Kier molecular flexibility index (Phi) is 8.56. The molecule has 1 fully saturated rings. The van der Waals surface area contributed by atoms with Crippen molar-refractivity contribution in [3.63, 3.8) is 0 Å². The van der Waals surface area contributed by atoms with Crippen molar-refractivity contribution in [1.29, 1.82) is 0 Å². The number of aromatic nitrogens is 4. The predicted molar refractivity (Wildman–Crippen MR) is 132 cm³/mol. The second-order valence-electron chi connectivity index (χ2n) is 8.19. The third-order valence-electron chi connectivity index (χ3n) is 5.76. The van der Waals surface area contributed by atoms with Gasteiger partial charge in [-0.25, -0.2) is 19.9 Å². The lowest BCUT2D eigenvalue weighted by atomic mass is 10.1. The molecule has 4 rings (SSSR count). The summed E-state index contributed by atoms with van der Waals surface area (Å²) in [6.07, 6.45) is -1.91. The van der Waals surface area contributed by atoms with Gasteiger partial charge in [-0.15, -0.1) is 11.3 Å². The van der Waals surface area contributed by atoms with Gasteiger partial charge in [-0.05, 0) is 13.0 Å². The minimum atomic E-state index is -4.65. The first kappa shape index (κ1) is 27.4. The number of carbonyl (C=O) groups excluding carboxylic acids is 1. The summed E-state index contributed by atoms with van der Waals surface area (Å²) in [4.78, 5) is 31.5. The summed E-state index contributed by atoms with van der Waals surface area (Å²) in [6, 6.07) is 0.903. The molecule has 1 saturated heterocycles. The molecule has 4 heterocycles. The zero-order valence-corrected chi connectivity index (χ0v) is 21.4. The van der Waals surface area contributed by atoms with Gasteiger partial charge >= 0.3 is 12.1 Å². The maximum absolute atomic E-state index is 15.3. The van der Waals surface area contributed by atoms with Crippen LogP contribution in [0, 0.1) is 5.82 Å². The Hall–Kier alpha value is -3.59. The highest BCUT2D eigenvalue weighted by Gasteiger charge is 2.36. The first-order chi connectivity index (χ1) is 18.2. The molecule has 10 nitrogen and oxygen atoms in total. The lowest BCUT2D eigenvalue weighted by Crippen LogP contribution is -2.47. The van der Waals surface area contributed by atoms with Crippen molar-refractivity contribution < 1.29 is 31.8 Å². The minimum absolute atomic E-state index is 0.107. The van der Waals surface area contributed by atoms with Gasteiger partial charge in [-0.3, -0.25) is 9.69 Å². The van der Waals surface area contributed by atoms with E-state index in [0.29, 0.717) is 45.8 Å². The van der Waals surface area contributed by atoms with Crippen molar-refractivity contribution in [3.05, 3.63) is 35.4 Å². The number of anilines is 3. The van der Waals surface area contributed by atoms with Crippen LogP contribution in [0.25, 0.3) is 11.3 Å². The molecule has 0 radical (unpaired) electrons. The molecule has 0 aromatic carbocycles. The number of nitrogens with one attached hydrogen (secondary N) is 1. The van der Waals surface area contributed by atoms with E-state index in [2.05, 4.69) is 30.2 Å². The maximum atomic E-state index is 15.3. The molecule has 204 valence electrons. The van der Waals surface area contributed by atoms with E-state index in [4.69, 9.17) is 9.47 Å². The molecule has 38 heavy (non-hydrogen) atoms. The normalized spacial score (nSPS) is 14.4. The molecular formula is C23H25F4N7O3S. The van der Waals surface area contributed by atoms with Gasteiger partial charge in [0.15, 0.2) is 16.8 Å². The first-order valence-electron chi connectivity index (χ1n) is 11.7. The van der Waals surface area contributed by atoms with E-state index in [9.17, 15) is 18.0 Å². The predicted octanol–water partition coefficient (Wildman–Crippen LogP) is 3.98. The number of rotatable bonds is 9. The zero-order valence-electron chi connectivity index (χ0n) is 20.6. The van der Waals surface area contributed by atoms with E-state index in [-0.39, 0.29) is 34.0 Å². The van der Waals surface area contributed by atoms with Crippen molar-refractivity contribution in [2.24, 2.45) is 0 Å². The van der Waals surface area contributed by atoms with Crippen LogP contribution in [0.2, 0.25) is 0 Å². The number of hydrogen-bond acceptors (Lipinski definition) is 11. The van der Waals surface area contributed by atoms with Crippen LogP contribution in [0.4, 0.5) is 34.3 Å². The molecule has 1 aliphatic heterocycles. The molecule has 0 bridgehead atoms. The standard InChI is InChI=1S/C23H25F4N7O3S/c1-3-37-17(35)4-5-33-6-8-34(9-7-33)20-18(24)19(29-13-30-20)32-22-31-16(12-38-22)14-10-15(23(25,26)27)21(36-2)28-11-14/h10-13H,3-9H2,1-2H3,(H,29,30,31,32). The fourth-order valence-electron chi connectivity index (χ4n) is 3.86. The number of hydrogen-bond donors (Lipinski definition) is 1. The van der Waals surface area contributed by atoms with Crippen LogP contribution < -0.4 is 15.0 Å². The Bertz CT molecular complexity index is 1270. The highest BCUT2D eigenvalue weighted by Crippen LogP contribution is 2.38. The van der Waals surface area contributed by atoms with Gasteiger partial charge < -0.3 is 19.7 Å². The van der Waals surface area contributed by atoms with E-state index < -0.39 is 23.4 Å². The summed E-state index contributed by atoms with van der Waals surface area (Å²) in [6.45, 7) is 4.92. The number of alkyl halides is 3. The third-order valence-corrected chi connectivity index (χ3v) is 6.51. The molecule has 0 amide bonds. The number of pyridine rings is 1. The van der Waals surface area contributed by atoms with Gasteiger partial charge in [0.05, 0.1) is 25.8 Å². The van der Waals surface area contributed by atoms with Gasteiger partial charge in [0.2, 0.25) is 11.7 Å². The molecule has 0 spiro atoms. The Balaban J connectivity index is 1.42. The van der Waals surface area contributed by atoms with Gasteiger partial charge in [0.25, 0.3) is 0 Å². The number of halogens is 4. The van der Waals surface area contributed by atoms with Gasteiger partial charge in [-0.2, -0.15) is 17.6 Å². The topological polar surface area (TPSA) is 106 Å². The fourth-order valence-corrected chi connectivity index (χ4v) is 4.58. The van der Waals surface area contributed by atoms with Crippen LogP contribution in [0.5, 0.6) is 5.88 Å². The average molecular weight is 556 g/mol. The van der Waals surface area contributed by atoms with Crippen LogP contribution in [0.3, 0.4) is 0 Å². The second kappa shape index (κ2) is 11.9. The monoisotopic (exact) mass is 555 g/mol. The molecule has 1 N–H and O–H groups in total. The molecule has 3 aromatic heterocycles. The molecular weight excluding hydrogens is 530 g/mol. The zero-order chi connectivity index (χ0) is 27.3. The van der Waals surface area contributed by atoms with Crippen molar-refractivity contribution in [1.82, 2.24) is 24.8 Å². The number of carbonyl (C=O) groups is 1. The smallest absolute Gasteiger partial charge is 0.421 e. The summed E-state index contributed by atoms with van der Waals surface area (Å²) in [5, 5.41) is 4.55. The van der Waals surface area contributed by atoms with Crippen molar-refractivity contribution in [3.8, 4) is 17.1 Å².